The zero-order chi connectivity index (χ0) is 24.7. The van der Waals surface area contributed by atoms with E-state index < -0.39 is 0 Å². The Hall–Kier alpha value is -1.91. The van der Waals surface area contributed by atoms with Crippen molar-refractivity contribution in [2.75, 3.05) is 34.8 Å². The number of benzene rings is 2. The van der Waals surface area contributed by atoms with E-state index in [0.717, 1.165) is 19.5 Å². The lowest BCUT2D eigenvalue weighted by Gasteiger charge is -2.31. The van der Waals surface area contributed by atoms with Gasteiger partial charge in [0.15, 0.2) is 0 Å². The van der Waals surface area contributed by atoms with Crippen LogP contribution in [0, 0.1) is 17.7 Å². The number of likely N-dealkylation sites (N-methyl/N-ethyl adjacent to an activating group) is 1. The van der Waals surface area contributed by atoms with Crippen molar-refractivity contribution in [2.24, 2.45) is 11.8 Å². The lowest BCUT2D eigenvalue weighted by molar-refractivity contribution is 0.263. The predicted molar refractivity (Wildman–Crippen MR) is 138 cm³/mol. The van der Waals surface area contributed by atoms with E-state index in [4.69, 9.17) is 4.74 Å². The van der Waals surface area contributed by atoms with Gasteiger partial charge in [0.1, 0.15) is 11.6 Å². The number of nitrogens with zero attached hydrogens (tertiary/aromatic N) is 1. The number of hydrogen-bond acceptors (Lipinski definition) is 3. The van der Waals surface area contributed by atoms with Crippen molar-refractivity contribution >= 4 is 0 Å². The molecule has 0 spiro atoms. The molecule has 0 heterocycles. The van der Waals surface area contributed by atoms with Crippen molar-refractivity contribution in [3.63, 3.8) is 0 Å². The highest BCUT2D eigenvalue weighted by Gasteiger charge is 2.28. The van der Waals surface area contributed by atoms with Gasteiger partial charge < -0.3 is 15.0 Å². The van der Waals surface area contributed by atoms with Crippen molar-refractivity contribution < 1.29 is 9.13 Å². The van der Waals surface area contributed by atoms with Crippen molar-refractivity contribution in [2.45, 2.75) is 60.4 Å². The highest BCUT2D eigenvalue weighted by Crippen LogP contribution is 2.37. The summed E-state index contributed by atoms with van der Waals surface area (Å²) >= 11 is 0. The molecule has 3 nitrogen and oxygen atoms in total. The molecule has 2 unspecified atom stereocenters. The molecule has 4 heteroatoms. The Labute approximate surface area is 197 Å². The molecule has 0 saturated heterocycles. The summed E-state index contributed by atoms with van der Waals surface area (Å²) in [5.41, 5.74) is 3.49. The van der Waals surface area contributed by atoms with Gasteiger partial charge in [0.25, 0.3) is 0 Å². The maximum absolute atomic E-state index is 14.3. The Bertz CT molecular complexity index is 746. The first kappa shape index (κ1) is 30.1. The molecule has 0 amide bonds. The van der Waals surface area contributed by atoms with E-state index in [-0.39, 0.29) is 11.7 Å². The highest BCUT2D eigenvalue weighted by atomic mass is 19.1. The smallest absolute Gasteiger partial charge is 0.130 e. The topological polar surface area (TPSA) is 24.5 Å². The summed E-state index contributed by atoms with van der Waals surface area (Å²) in [7, 11) is 7.62. The quantitative estimate of drug-likeness (QED) is 0.460. The monoisotopic (exact) mass is 446 g/mol. The third-order valence-corrected chi connectivity index (χ3v) is 5.63. The number of ether oxygens (including phenoxy) is 1. The lowest BCUT2D eigenvalue weighted by Crippen LogP contribution is -2.28. The average molecular weight is 447 g/mol. The van der Waals surface area contributed by atoms with E-state index in [2.05, 4.69) is 62.2 Å². The van der Waals surface area contributed by atoms with Crippen LogP contribution in [0.15, 0.2) is 42.5 Å². The number of rotatable bonds is 9. The summed E-state index contributed by atoms with van der Waals surface area (Å²) in [6.45, 7) is 14.5. The van der Waals surface area contributed by atoms with Gasteiger partial charge in [-0.15, -0.1) is 0 Å². The third kappa shape index (κ3) is 10.1. The fraction of sp³-hybridized carbons (Fsp3) is 0.571. The first-order valence-corrected chi connectivity index (χ1v) is 11.9. The van der Waals surface area contributed by atoms with Gasteiger partial charge >= 0.3 is 0 Å². The third-order valence-electron chi connectivity index (χ3n) is 5.63. The van der Waals surface area contributed by atoms with Crippen LogP contribution < -0.4 is 10.1 Å². The molecular weight excluding hydrogens is 399 g/mol. The van der Waals surface area contributed by atoms with Crippen LogP contribution in [0.2, 0.25) is 0 Å². The van der Waals surface area contributed by atoms with Gasteiger partial charge in [-0.2, -0.15) is 0 Å². The maximum Gasteiger partial charge on any atom is 0.130 e. The van der Waals surface area contributed by atoms with Crippen LogP contribution in [-0.4, -0.2) is 39.7 Å². The van der Waals surface area contributed by atoms with Gasteiger partial charge in [0.2, 0.25) is 0 Å². The van der Waals surface area contributed by atoms with Crippen LogP contribution in [0.1, 0.15) is 64.2 Å². The van der Waals surface area contributed by atoms with Crippen LogP contribution >= 0.6 is 0 Å². The fourth-order valence-corrected chi connectivity index (χ4v) is 3.60. The van der Waals surface area contributed by atoms with Crippen LogP contribution in [0.3, 0.4) is 0 Å². The lowest BCUT2D eigenvalue weighted by atomic mass is 9.79. The maximum atomic E-state index is 14.3. The van der Waals surface area contributed by atoms with Crippen molar-refractivity contribution in [1.29, 1.82) is 0 Å². The number of hydrogen-bond donors (Lipinski definition) is 1. The van der Waals surface area contributed by atoms with Crippen molar-refractivity contribution in [3.05, 3.63) is 65.0 Å². The minimum atomic E-state index is -0.168. The first-order valence-electron chi connectivity index (χ1n) is 11.9. The van der Waals surface area contributed by atoms with E-state index in [1.54, 1.807) is 13.2 Å². The number of methoxy groups -OCH3 is 1. The van der Waals surface area contributed by atoms with E-state index in [0.29, 0.717) is 23.1 Å². The van der Waals surface area contributed by atoms with E-state index in [9.17, 15) is 4.39 Å². The molecule has 2 aromatic carbocycles. The molecule has 2 aromatic rings. The zero-order valence-corrected chi connectivity index (χ0v) is 22.1. The molecule has 0 radical (unpaired) electrons. The molecule has 0 fully saturated rings. The van der Waals surface area contributed by atoms with Gasteiger partial charge in [0.05, 0.1) is 7.11 Å². The largest absolute Gasteiger partial charge is 0.496 e. The molecule has 0 saturated carbocycles. The Morgan fingerprint density at radius 1 is 1.00 bits per heavy atom. The second kappa shape index (κ2) is 16.7. The second-order valence-corrected chi connectivity index (χ2v) is 8.53. The summed E-state index contributed by atoms with van der Waals surface area (Å²) in [4.78, 5) is 2.11. The van der Waals surface area contributed by atoms with Crippen LogP contribution in [0.25, 0.3) is 0 Å². The standard InChI is InChI=1S/C16H26FNO.C10H15N.C2H6/c1-11(2)12(3)13(10-18(4)5)16-14(17)8-7-9-15(16)19-6;1-3-9-5-4-6-10(7-9)8-11-2;1-2/h7-9,11-13H,10H2,1-6H3;4-7,11H,3,8H2,1-2H3;1-2H3. The average Bonchev–Trinajstić information content (AvgIpc) is 2.79. The summed E-state index contributed by atoms with van der Waals surface area (Å²) in [6, 6.07) is 13.7. The van der Waals surface area contributed by atoms with E-state index in [1.807, 2.05) is 41.1 Å². The predicted octanol–water partition coefficient (Wildman–Crippen LogP) is 6.77. The molecular formula is C28H47FN2O. The molecule has 32 heavy (non-hydrogen) atoms. The summed E-state index contributed by atoms with van der Waals surface area (Å²) in [6.07, 6.45) is 1.12. The molecule has 0 aliphatic rings. The number of halogens is 1. The van der Waals surface area contributed by atoms with E-state index >= 15 is 0 Å². The minimum absolute atomic E-state index is 0.131. The SMILES string of the molecule is CC.CCc1cccc(CNC)c1.COc1cccc(F)c1C(CN(C)C)C(C)C(C)C. The molecule has 1 N–H and O–H groups in total. The Morgan fingerprint density at radius 3 is 2.09 bits per heavy atom. The van der Waals surface area contributed by atoms with Gasteiger partial charge in [0, 0.05) is 24.6 Å². The molecule has 182 valence electrons. The normalized spacial score (nSPS) is 12.4. The number of aryl methyl sites for hydroxylation is 1. The molecule has 2 atom stereocenters. The van der Waals surface area contributed by atoms with Crippen LogP contribution in [0.5, 0.6) is 5.75 Å². The van der Waals surface area contributed by atoms with Crippen LogP contribution in [-0.2, 0) is 13.0 Å². The van der Waals surface area contributed by atoms with E-state index in [1.165, 1.54) is 17.2 Å². The van der Waals surface area contributed by atoms with Gasteiger partial charge in [-0.3, -0.25) is 0 Å². The second-order valence-electron chi connectivity index (χ2n) is 8.53. The molecule has 2 rings (SSSR count). The molecule has 0 aromatic heterocycles. The Kier molecular flexibility index (Phi) is 15.7. The molecule has 0 aliphatic carbocycles. The number of nitrogens with one attached hydrogen (secondary N) is 1. The van der Waals surface area contributed by atoms with Gasteiger partial charge in [-0.05, 0) is 62.7 Å². The minimum Gasteiger partial charge on any atom is -0.496 e. The summed E-state index contributed by atoms with van der Waals surface area (Å²) in [5, 5.41) is 3.14. The molecule has 0 bridgehead atoms. The van der Waals surface area contributed by atoms with Crippen LogP contribution in [0.4, 0.5) is 4.39 Å². The Balaban J connectivity index is 0.000000626. The van der Waals surface area contributed by atoms with Crippen molar-refractivity contribution in [1.82, 2.24) is 10.2 Å². The summed E-state index contributed by atoms with van der Waals surface area (Å²) < 4.78 is 19.6. The van der Waals surface area contributed by atoms with Crippen molar-refractivity contribution in [3.8, 4) is 5.75 Å². The van der Waals surface area contributed by atoms with Gasteiger partial charge in [-0.1, -0.05) is 71.9 Å². The molecule has 0 aliphatic heterocycles. The fourth-order valence-electron chi connectivity index (χ4n) is 3.60. The first-order chi connectivity index (χ1) is 15.2. The van der Waals surface area contributed by atoms with Gasteiger partial charge in [-0.25, -0.2) is 4.39 Å². The highest BCUT2D eigenvalue weighted by molar-refractivity contribution is 5.38. The summed E-state index contributed by atoms with van der Waals surface area (Å²) in [5.74, 6) is 1.49. The zero-order valence-electron chi connectivity index (χ0n) is 22.1. The Morgan fingerprint density at radius 2 is 1.59 bits per heavy atom.